The van der Waals surface area contributed by atoms with Gasteiger partial charge in [0.05, 0.1) is 60.5 Å². The average Bonchev–Trinajstić information content (AvgIpc) is 3.67. The number of anilines is 3. The van der Waals surface area contributed by atoms with E-state index >= 15 is 0 Å². The van der Waals surface area contributed by atoms with Crippen LogP contribution in [0.3, 0.4) is 0 Å². The number of morpholine rings is 1. The molecule has 3 aliphatic rings. The minimum atomic E-state index is -3.89. The van der Waals surface area contributed by atoms with Gasteiger partial charge in [-0.25, -0.2) is 22.5 Å². The molecule has 1 aliphatic heterocycles. The van der Waals surface area contributed by atoms with E-state index in [4.69, 9.17) is 19.4 Å². The number of rotatable bonds is 11. The van der Waals surface area contributed by atoms with Crippen molar-refractivity contribution in [3.63, 3.8) is 0 Å². The number of aromatic nitrogens is 7. The van der Waals surface area contributed by atoms with E-state index < -0.39 is 21.0 Å². The zero-order chi connectivity index (χ0) is 35.3. The van der Waals surface area contributed by atoms with Crippen LogP contribution >= 0.6 is 0 Å². The number of ether oxygens (including phenoxy) is 2. The van der Waals surface area contributed by atoms with Crippen LogP contribution in [0.15, 0.2) is 49.1 Å². The van der Waals surface area contributed by atoms with Gasteiger partial charge in [-0.15, -0.1) is 0 Å². The van der Waals surface area contributed by atoms with E-state index in [0.29, 0.717) is 60.3 Å². The standard InChI is InChI=1S/C33H39N11O6S/c1-21(28-20-35-33(44(45)46)42(28)23-5-6-23)43(51(2,47)48)24-17-26-27(34-19-24)18-31(40-13-15-49-16-14-40)39-32(26)50-25-7-3-22(4-8-25)37-29-10-12-41-30(38-29)9-11-36-41/h9-12,17-23,25H,3-8,13-16H2,1-2H3,(H,37,38). The summed E-state index contributed by atoms with van der Waals surface area (Å²) >= 11 is 0. The Bertz CT molecular complexity index is 2190. The third-order valence-electron chi connectivity index (χ3n) is 9.79. The molecule has 17 nitrogen and oxygen atoms in total. The number of hydrogen-bond donors (Lipinski definition) is 1. The Balaban J connectivity index is 1.09. The molecule has 5 aromatic rings. The third-order valence-corrected chi connectivity index (χ3v) is 11.0. The van der Waals surface area contributed by atoms with Gasteiger partial charge in [-0.3, -0.25) is 9.29 Å². The molecular formula is C33H39N11O6S. The quantitative estimate of drug-likeness (QED) is 0.151. The molecule has 268 valence electrons. The summed E-state index contributed by atoms with van der Waals surface area (Å²) in [7, 11) is -3.89. The second-order valence-corrected chi connectivity index (χ2v) is 15.3. The van der Waals surface area contributed by atoms with Gasteiger partial charge in [0.2, 0.25) is 15.9 Å². The molecule has 0 radical (unpaired) electrons. The lowest BCUT2D eigenvalue weighted by Gasteiger charge is -2.31. The van der Waals surface area contributed by atoms with Crippen molar-refractivity contribution >= 4 is 49.8 Å². The van der Waals surface area contributed by atoms with Gasteiger partial charge in [0, 0.05) is 37.5 Å². The highest BCUT2D eigenvalue weighted by Crippen LogP contribution is 2.43. The van der Waals surface area contributed by atoms with E-state index in [-0.39, 0.29) is 24.1 Å². The van der Waals surface area contributed by atoms with Gasteiger partial charge in [-0.2, -0.15) is 10.1 Å². The van der Waals surface area contributed by atoms with E-state index in [1.165, 1.54) is 16.7 Å². The number of imidazole rings is 1. The lowest BCUT2D eigenvalue weighted by Crippen LogP contribution is -2.37. The molecule has 1 atom stereocenters. The van der Waals surface area contributed by atoms with Crippen molar-refractivity contribution in [2.45, 2.75) is 69.7 Å². The fourth-order valence-corrected chi connectivity index (χ4v) is 8.32. The summed E-state index contributed by atoms with van der Waals surface area (Å²) in [6.45, 7) is 4.22. The maximum atomic E-state index is 13.4. The average molecular weight is 718 g/mol. The molecule has 0 amide bonds. The van der Waals surface area contributed by atoms with Gasteiger partial charge in [0.25, 0.3) is 0 Å². The lowest BCUT2D eigenvalue weighted by atomic mass is 9.93. The first-order valence-electron chi connectivity index (χ1n) is 17.2. The summed E-state index contributed by atoms with van der Waals surface area (Å²) in [5, 5.41) is 20.1. The minimum Gasteiger partial charge on any atom is -0.474 e. The summed E-state index contributed by atoms with van der Waals surface area (Å²) in [6, 6.07) is 6.74. The van der Waals surface area contributed by atoms with Crippen LogP contribution in [0.1, 0.15) is 63.2 Å². The van der Waals surface area contributed by atoms with Gasteiger partial charge >= 0.3 is 5.95 Å². The molecule has 51 heavy (non-hydrogen) atoms. The van der Waals surface area contributed by atoms with Crippen molar-refractivity contribution in [3.05, 3.63) is 64.9 Å². The van der Waals surface area contributed by atoms with Crippen LogP contribution in [0.2, 0.25) is 0 Å². The molecule has 2 saturated carbocycles. The zero-order valence-electron chi connectivity index (χ0n) is 28.3. The molecule has 18 heteroatoms. The first-order valence-corrected chi connectivity index (χ1v) is 19.0. The molecule has 2 aliphatic carbocycles. The summed E-state index contributed by atoms with van der Waals surface area (Å²) < 4.78 is 43.7. The summed E-state index contributed by atoms with van der Waals surface area (Å²) in [6.07, 6.45) is 12.3. The number of fused-ring (bicyclic) bond motifs is 2. The van der Waals surface area contributed by atoms with Gasteiger partial charge < -0.3 is 29.8 Å². The lowest BCUT2D eigenvalue weighted by molar-refractivity contribution is -0.396. The highest BCUT2D eigenvalue weighted by molar-refractivity contribution is 7.92. The number of nitrogens with one attached hydrogen (secondary N) is 1. The monoisotopic (exact) mass is 717 g/mol. The van der Waals surface area contributed by atoms with Crippen molar-refractivity contribution in [1.82, 2.24) is 34.1 Å². The molecule has 5 aromatic heterocycles. The molecule has 0 aromatic carbocycles. The van der Waals surface area contributed by atoms with E-state index in [0.717, 1.165) is 56.2 Å². The number of nitro groups is 1. The van der Waals surface area contributed by atoms with E-state index in [9.17, 15) is 18.5 Å². The van der Waals surface area contributed by atoms with Crippen molar-refractivity contribution in [1.29, 1.82) is 0 Å². The molecule has 0 bridgehead atoms. The minimum absolute atomic E-state index is 0.0913. The van der Waals surface area contributed by atoms with Gasteiger partial charge in [0.1, 0.15) is 29.6 Å². The fourth-order valence-electron chi connectivity index (χ4n) is 7.16. The molecule has 1 N–H and O–H groups in total. The van der Waals surface area contributed by atoms with Crippen molar-refractivity contribution in [2.24, 2.45) is 0 Å². The SMILES string of the molecule is CC(c1cnc([N+](=O)[O-])n1C1CC1)N(c1cnc2cc(N3CCOCC3)nc(OC3CCC(Nc4ccn5nccc5n4)CC3)c2c1)S(C)(=O)=O. The maximum Gasteiger partial charge on any atom is 0.435 e. The second-order valence-electron chi connectivity index (χ2n) is 13.4. The van der Waals surface area contributed by atoms with Crippen LogP contribution in [0, 0.1) is 10.1 Å². The van der Waals surface area contributed by atoms with E-state index in [2.05, 4.69) is 25.3 Å². The summed E-state index contributed by atoms with van der Waals surface area (Å²) in [5.74, 6) is 1.61. The smallest absolute Gasteiger partial charge is 0.435 e. The van der Waals surface area contributed by atoms with Crippen molar-refractivity contribution < 1.29 is 22.8 Å². The Labute approximate surface area is 293 Å². The Morgan fingerprint density at radius 2 is 1.84 bits per heavy atom. The zero-order valence-corrected chi connectivity index (χ0v) is 29.1. The predicted molar refractivity (Wildman–Crippen MR) is 189 cm³/mol. The van der Waals surface area contributed by atoms with Crippen molar-refractivity contribution in [3.8, 4) is 5.88 Å². The maximum absolute atomic E-state index is 13.4. The number of sulfonamides is 1. The Kier molecular flexibility index (Phi) is 8.57. The molecule has 3 fully saturated rings. The predicted octanol–water partition coefficient (Wildman–Crippen LogP) is 4.28. The first-order chi connectivity index (χ1) is 24.6. The fraction of sp³-hybridized carbons (Fsp3) is 0.485. The molecule has 8 rings (SSSR count). The van der Waals surface area contributed by atoms with Gasteiger partial charge in [-0.05, 0) is 62.5 Å². The third kappa shape index (κ3) is 6.72. The number of hydrogen-bond acceptors (Lipinski definition) is 13. The highest BCUT2D eigenvalue weighted by Gasteiger charge is 2.40. The van der Waals surface area contributed by atoms with Crippen LogP contribution in [0.5, 0.6) is 5.88 Å². The molecule has 6 heterocycles. The van der Waals surface area contributed by atoms with E-state index in [1.54, 1.807) is 28.3 Å². The van der Waals surface area contributed by atoms with E-state index in [1.807, 2.05) is 24.4 Å². The van der Waals surface area contributed by atoms with Gasteiger partial charge in [0.15, 0.2) is 5.65 Å². The Morgan fingerprint density at radius 3 is 2.57 bits per heavy atom. The van der Waals surface area contributed by atoms with Crippen LogP contribution in [-0.4, -0.2) is 92.2 Å². The molecule has 1 saturated heterocycles. The van der Waals surface area contributed by atoms with Crippen LogP contribution in [0.25, 0.3) is 16.6 Å². The van der Waals surface area contributed by atoms with Crippen LogP contribution < -0.4 is 19.3 Å². The molecule has 0 spiro atoms. The summed E-state index contributed by atoms with van der Waals surface area (Å²) in [4.78, 5) is 31.8. The normalized spacial score (nSPS) is 20.4. The largest absolute Gasteiger partial charge is 0.474 e. The topological polar surface area (TPSA) is 188 Å². The molecule has 1 unspecified atom stereocenters. The summed E-state index contributed by atoms with van der Waals surface area (Å²) in [5.41, 5.74) is 2.13. The highest BCUT2D eigenvalue weighted by atomic mass is 32.2. The second kappa shape index (κ2) is 13.2. The molecular weight excluding hydrogens is 679 g/mol. The number of nitrogens with zero attached hydrogens (tertiary/aromatic N) is 10. The van der Waals surface area contributed by atoms with Gasteiger partial charge in [-0.1, -0.05) is 4.98 Å². The van der Waals surface area contributed by atoms with Crippen LogP contribution in [0.4, 0.5) is 23.3 Å². The number of pyridine rings is 2. The van der Waals surface area contributed by atoms with Crippen molar-refractivity contribution in [2.75, 3.05) is 47.1 Å². The van der Waals surface area contributed by atoms with Crippen LogP contribution in [-0.2, 0) is 14.8 Å². The Morgan fingerprint density at radius 1 is 1.06 bits per heavy atom. The first kappa shape index (κ1) is 33.1. The Hall–Kier alpha value is -5.10.